The number of aliphatic imine (C=N–C) groups is 1. The van der Waals surface area contributed by atoms with Crippen molar-refractivity contribution >= 4 is 41.4 Å². The zero-order valence-electron chi connectivity index (χ0n) is 24.9. The third kappa shape index (κ3) is 6.62. The van der Waals surface area contributed by atoms with Crippen molar-refractivity contribution in [1.82, 2.24) is 25.3 Å². The first kappa shape index (κ1) is 31.4. The first-order valence-electron chi connectivity index (χ1n) is 14.0. The van der Waals surface area contributed by atoms with E-state index < -0.39 is 40.1 Å². The molecule has 2 saturated heterocycles. The zero-order valence-corrected chi connectivity index (χ0v) is 25.7. The monoisotopic (exact) mass is 572 g/mol. The van der Waals surface area contributed by atoms with Gasteiger partial charge < -0.3 is 25.3 Å². The lowest BCUT2D eigenvalue weighted by molar-refractivity contribution is -0.154. The SMILES string of the molecule is CCCCC(CC)C(=O)NC(C(=O)N[C@@H]1C(=O)N2C(C(=O)N=C(N(C)C)N(C)C)C(C)(C)S[C@H]12)c1ccccc1. The standard InChI is InChI=1S/C29H44N6O4S/c1-9-11-15-18(10-2)23(36)30-20(19-16-13-12-14-17-19)24(37)31-21-26(39)35-22(29(3,4)40-27(21)35)25(38)32-28(33(5)6)34(7)8/h12-14,16-18,20-22,27H,9-11,15H2,1-8H3,(H,30,36)(H,31,37)/t18?,20?,21-,22?,27-/m1/s1. The van der Waals surface area contributed by atoms with Crippen LogP contribution in [0, 0.1) is 5.92 Å². The van der Waals surface area contributed by atoms with E-state index in [0.717, 1.165) is 19.3 Å². The number of β-lactam (4-membered cyclic amide) rings is 1. The van der Waals surface area contributed by atoms with Gasteiger partial charge in [0.1, 0.15) is 23.5 Å². The van der Waals surface area contributed by atoms with Gasteiger partial charge in [-0.3, -0.25) is 19.2 Å². The fourth-order valence-corrected chi connectivity index (χ4v) is 6.94. The van der Waals surface area contributed by atoms with Crippen LogP contribution in [0.2, 0.25) is 0 Å². The topological polar surface area (TPSA) is 114 Å². The summed E-state index contributed by atoms with van der Waals surface area (Å²) in [6.45, 7) is 7.89. The summed E-state index contributed by atoms with van der Waals surface area (Å²) in [6, 6.07) is 6.56. The minimum atomic E-state index is -0.935. The summed E-state index contributed by atoms with van der Waals surface area (Å²) in [5.74, 6) is -1.04. The van der Waals surface area contributed by atoms with E-state index in [1.165, 1.54) is 11.8 Å². The highest BCUT2D eigenvalue weighted by atomic mass is 32.2. The van der Waals surface area contributed by atoms with Crippen molar-refractivity contribution in [1.29, 1.82) is 0 Å². The summed E-state index contributed by atoms with van der Waals surface area (Å²) in [7, 11) is 7.22. The Morgan fingerprint density at radius 2 is 1.68 bits per heavy atom. The number of thioether (sulfide) groups is 1. The van der Waals surface area contributed by atoms with Crippen molar-refractivity contribution in [3.05, 3.63) is 35.9 Å². The number of fused-ring (bicyclic) bond motifs is 1. The van der Waals surface area contributed by atoms with E-state index in [2.05, 4.69) is 22.5 Å². The fourth-order valence-electron chi connectivity index (χ4n) is 5.32. The number of guanidine groups is 1. The number of rotatable bonds is 10. The predicted octanol–water partition coefficient (Wildman–Crippen LogP) is 2.61. The van der Waals surface area contributed by atoms with Crippen molar-refractivity contribution in [3.63, 3.8) is 0 Å². The lowest BCUT2D eigenvalue weighted by Crippen LogP contribution is -2.71. The van der Waals surface area contributed by atoms with Gasteiger partial charge in [0.2, 0.25) is 23.7 Å². The van der Waals surface area contributed by atoms with E-state index in [4.69, 9.17) is 0 Å². The predicted molar refractivity (Wildman–Crippen MR) is 158 cm³/mol. The maximum atomic E-state index is 13.6. The number of amides is 4. The summed E-state index contributed by atoms with van der Waals surface area (Å²) in [6.07, 6.45) is 3.36. The lowest BCUT2D eigenvalue weighted by Gasteiger charge is -2.44. The summed E-state index contributed by atoms with van der Waals surface area (Å²) in [5.41, 5.74) is 0.643. The van der Waals surface area contributed by atoms with Gasteiger partial charge in [0.05, 0.1) is 0 Å². The summed E-state index contributed by atoms with van der Waals surface area (Å²) >= 11 is 1.48. The molecule has 2 N–H and O–H groups in total. The highest BCUT2D eigenvalue weighted by Gasteiger charge is 2.64. The van der Waals surface area contributed by atoms with Crippen LogP contribution in [0.5, 0.6) is 0 Å². The van der Waals surface area contributed by atoms with Crippen LogP contribution < -0.4 is 10.6 Å². The Labute approximate surface area is 242 Å². The first-order chi connectivity index (χ1) is 18.8. The largest absolute Gasteiger partial charge is 0.349 e. The molecule has 1 aromatic carbocycles. The molecule has 0 saturated carbocycles. The quantitative estimate of drug-likeness (QED) is 0.252. The molecule has 220 valence electrons. The summed E-state index contributed by atoms with van der Waals surface area (Å²) in [4.78, 5) is 62.8. The van der Waals surface area contributed by atoms with Crippen LogP contribution in [0.3, 0.4) is 0 Å². The Balaban J connectivity index is 1.79. The molecule has 2 heterocycles. The average molecular weight is 573 g/mol. The van der Waals surface area contributed by atoms with Gasteiger partial charge in [0, 0.05) is 38.9 Å². The first-order valence-corrected chi connectivity index (χ1v) is 14.8. The minimum absolute atomic E-state index is 0.168. The molecule has 2 aliphatic heterocycles. The van der Waals surface area contributed by atoms with Gasteiger partial charge in [-0.15, -0.1) is 11.8 Å². The molecule has 0 bridgehead atoms. The molecule has 40 heavy (non-hydrogen) atoms. The van der Waals surface area contributed by atoms with Crippen molar-refractivity contribution in [2.45, 2.75) is 81.6 Å². The van der Waals surface area contributed by atoms with Gasteiger partial charge in [-0.25, -0.2) is 0 Å². The van der Waals surface area contributed by atoms with E-state index in [1.807, 2.05) is 39.0 Å². The number of carbonyl (C=O) groups is 4. The van der Waals surface area contributed by atoms with Crippen LogP contribution in [0.15, 0.2) is 35.3 Å². The molecular weight excluding hydrogens is 528 g/mol. The van der Waals surface area contributed by atoms with Gasteiger partial charge in [-0.1, -0.05) is 57.0 Å². The number of nitrogens with zero attached hydrogens (tertiary/aromatic N) is 4. The molecule has 11 heteroatoms. The molecule has 2 fully saturated rings. The number of unbranched alkanes of at least 4 members (excludes halogenated alkanes) is 1. The van der Waals surface area contributed by atoms with E-state index in [0.29, 0.717) is 17.9 Å². The van der Waals surface area contributed by atoms with Crippen LogP contribution in [-0.2, 0) is 19.2 Å². The summed E-state index contributed by atoms with van der Waals surface area (Å²) < 4.78 is -0.606. The third-order valence-corrected chi connectivity index (χ3v) is 9.01. The second-order valence-corrected chi connectivity index (χ2v) is 13.2. The van der Waals surface area contributed by atoms with Crippen molar-refractivity contribution in [2.24, 2.45) is 10.9 Å². The maximum Gasteiger partial charge on any atom is 0.273 e. The molecule has 4 amide bonds. The highest BCUT2D eigenvalue weighted by molar-refractivity contribution is 8.01. The Morgan fingerprint density at radius 1 is 1.05 bits per heavy atom. The molecule has 1 aromatic rings. The Bertz CT molecular complexity index is 1110. The fraction of sp³-hybridized carbons (Fsp3) is 0.621. The van der Waals surface area contributed by atoms with Crippen LogP contribution in [0.4, 0.5) is 0 Å². The average Bonchev–Trinajstić information content (AvgIpc) is 3.16. The molecule has 0 aromatic heterocycles. The second-order valence-electron chi connectivity index (χ2n) is 11.4. The van der Waals surface area contributed by atoms with E-state index in [1.54, 1.807) is 55.0 Å². The van der Waals surface area contributed by atoms with Crippen LogP contribution in [-0.4, -0.2) is 94.7 Å². The molecule has 10 nitrogen and oxygen atoms in total. The maximum absolute atomic E-state index is 13.6. The minimum Gasteiger partial charge on any atom is -0.349 e. The molecule has 0 spiro atoms. The van der Waals surface area contributed by atoms with Gasteiger partial charge in [-0.2, -0.15) is 4.99 Å². The van der Waals surface area contributed by atoms with E-state index in [-0.39, 0.29) is 17.7 Å². The molecule has 3 rings (SSSR count). The highest BCUT2D eigenvalue weighted by Crippen LogP contribution is 2.51. The normalized spacial score (nSPS) is 22.4. The zero-order chi connectivity index (χ0) is 29.8. The van der Waals surface area contributed by atoms with Gasteiger partial charge in [0.25, 0.3) is 5.91 Å². The van der Waals surface area contributed by atoms with Crippen LogP contribution >= 0.6 is 11.8 Å². The Hall–Kier alpha value is -3.08. The lowest BCUT2D eigenvalue weighted by atomic mass is 9.94. The van der Waals surface area contributed by atoms with Gasteiger partial charge in [0.15, 0.2) is 0 Å². The van der Waals surface area contributed by atoms with Crippen LogP contribution in [0.1, 0.15) is 65.0 Å². The second kappa shape index (κ2) is 13.1. The number of hydrogen-bond donors (Lipinski definition) is 2. The van der Waals surface area contributed by atoms with E-state index in [9.17, 15) is 19.2 Å². The van der Waals surface area contributed by atoms with Gasteiger partial charge >= 0.3 is 0 Å². The number of nitrogens with one attached hydrogen (secondary N) is 2. The molecule has 2 aliphatic rings. The smallest absolute Gasteiger partial charge is 0.273 e. The number of carbonyl (C=O) groups excluding carboxylic acids is 4. The molecule has 0 aliphatic carbocycles. The van der Waals surface area contributed by atoms with E-state index >= 15 is 0 Å². The number of benzene rings is 1. The van der Waals surface area contributed by atoms with Crippen molar-refractivity contribution < 1.29 is 19.2 Å². The summed E-state index contributed by atoms with van der Waals surface area (Å²) in [5, 5.41) is 5.43. The number of hydrogen-bond acceptors (Lipinski definition) is 5. The molecular formula is C29H44N6O4S. The van der Waals surface area contributed by atoms with Crippen molar-refractivity contribution in [2.75, 3.05) is 28.2 Å². The molecule has 3 unspecified atom stereocenters. The Morgan fingerprint density at radius 3 is 2.23 bits per heavy atom. The van der Waals surface area contributed by atoms with Crippen molar-refractivity contribution in [3.8, 4) is 0 Å². The Kier molecular flexibility index (Phi) is 10.3. The molecule has 0 radical (unpaired) electrons. The molecule has 5 atom stereocenters. The van der Waals surface area contributed by atoms with Crippen LogP contribution in [0.25, 0.3) is 0 Å². The van der Waals surface area contributed by atoms with Gasteiger partial charge in [-0.05, 0) is 32.3 Å². The third-order valence-electron chi connectivity index (χ3n) is 7.43.